The van der Waals surface area contributed by atoms with Gasteiger partial charge in [0.05, 0.1) is 18.9 Å². The van der Waals surface area contributed by atoms with Gasteiger partial charge in [-0.05, 0) is 36.4 Å². The normalized spacial score (nSPS) is 14.2. The van der Waals surface area contributed by atoms with Crippen LogP contribution in [0.2, 0.25) is 0 Å². The van der Waals surface area contributed by atoms with Gasteiger partial charge in [-0.3, -0.25) is 0 Å². The Kier molecular flexibility index (Phi) is 4.66. The van der Waals surface area contributed by atoms with Crippen molar-refractivity contribution in [1.82, 2.24) is 9.97 Å². The monoisotopic (exact) mass is 347 g/mol. The van der Waals surface area contributed by atoms with Gasteiger partial charge in [0.1, 0.15) is 0 Å². The minimum atomic E-state index is 0.275. The van der Waals surface area contributed by atoms with Crippen LogP contribution in [0.1, 0.15) is 0 Å². The second kappa shape index (κ2) is 7.41. The summed E-state index contributed by atoms with van der Waals surface area (Å²) < 4.78 is 5.48. The first-order chi connectivity index (χ1) is 12.8. The Labute approximate surface area is 152 Å². The summed E-state index contributed by atoms with van der Waals surface area (Å²) in [6.45, 7) is 3.23. The fraction of sp³-hybridized carbons (Fsp3) is 0.200. The van der Waals surface area contributed by atoms with Crippen molar-refractivity contribution in [3.63, 3.8) is 0 Å². The van der Waals surface area contributed by atoms with Crippen molar-refractivity contribution in [3.8, 4) is 11.3 Å². The van der Waals surface area contributed by atoms with Crippen LogP contribution in [0.5, 0.6) is 0 Å². The third-order valence-corrected chi connectivity index (χ3v) is 4.33. The summed E-state index contributed by atoms with van der Waals surface area (Å²) in [5.41, 5.74) is 10.8. The lowest BCUT2D eigenvalue weighted by Gasteiger charge is -2.29. The molecule has 26 heavy (non-hydrogen) atoms. The standard InChI is InChI=1S/C20H21N5O/c21-20-22-7-6-19(24-20)15-12-17(23-16-4-2-1-3-5-16)14-18(13-15)25-8-10-26-11-9-25/h1-7,12-14,23H,8-11H2,(H2,21,22,24). The van der Waals surface area contributed by atoms with E-state index in [1.54, 1.807) is 6.20 Å². The highest BCUT2D eigenvalue weighted by molar-refractivity contribution is 5.75. The predicted octanol–water partition coefficient (Wildman–Crippen LogP) is 3.31. The Morgan fingerprint density at radius 1 is 0.962 bits per heavy atom. The van der Waals surface area contributed by atoms with Gasteiger partial charge in [-0.2, -0.15) is 0 Å². The van der Waals surface area contributed by atoms with Crippen molar-refractivity contribution in [2.45, 2.75) is 0 Å². The van der Waals surface area contributed by atoms with Gasteiger partial charge in [-0.15, -0.1) is 0 Å². The number of aromatic nitrogens is 2. The van der Waals surface area contributed by atoms with Gasteiger partial charge >= 0.3 is 0 Å². The van der Waals surface area contributed by atoms with Gasteiger partial charge in [0, 0.05) is 41.9 Å². The summed E-state index contributed by atoms with van der Waals surface area (Å²) in [6.07, 6.45) is 1.68. The Bertz CT molecular complexity index is 878. The summed E-state index contributed by atoms with van der Waals surface area (Å²) in [5, 5.41) is 3.48. The van der Waals surface area contributed by atoms with Gasteiger partial charge in [0.2, 0.25) is 5.95 Å². The summed E-state index contributed by atoms with van der Waals surface area (Å²) in [5.74, 6) is 0.275. The molecule has 3 aromatic rings. The summed E-state index contributed by atoms with van der Waals surface area (Å²) in [4.78, 5) is 10.7. The molecule has 6 nitrogen and oxygen atoms in total. The van der Waals surface area contributed by atoms with E-state index in [4.69, 9.17) is 10.5 Å². The van der Waals surface area contributed by atoms with E-state index < -0.39 is 0 Å². The maximum atomic E-state index is 5.77. The first kappa shape index (κ1) is 16.4. The number of rotatable bonds is 4. The number of para-hydroxylation sites is 1. The maximum Gasteiger partial charge on any atom is 0.220 e. The molecule has 0 bridgehead atoms. The van der Waals surface area contributed by atoms with Crippen LogP contribution in [-0.2, 0) is 4.74 Å². The number of nitrogens with zero attached hydrogens (tertiary/aromatic N) is 3. The average Bonchev–Trinajstić information content (AvgIpc) is 2.69. The molecular formula is C20H21N5O. The molecule has 132 valence electrons. The van der Waals surface area contributed by atoms with E-state index in [9.17, 15) is 0 Å². The fourth-order valence-corrected chi connectivity index (χ4v) is 3.06. The van der Waals surface area contributed by atoms with Crippen LogP contribution < -0.4 is 16.0 Å². The van der Waals surface area contributed by atoms with Crippen molar-refractivity contribution >= 4 is 23.0 Å². The summed E-state index contributed by atoms with van der Waals surface area (Å²) in [6, 6.07) is 18.4. The number of hydrogen-bond acceptors (Lipinski definition) is 6. The number of benzene rings is 2. The number of morpholine rings is 1. The Morgan fingerprint density at radius 3 is 2.54 bits per heavy atom. The molecule has 0 atom stereocenters. The highest BCUT2D eigenvalue weighted by Gasteiger charge is 2.14. The molecule has 0 radical (unpaired) electrons. The summed E-state index contributed by atoms with van der Waals surface area (Å²) >= 11 is 0. The Hall–Kier alpha value is -3.12. The van der Waals surface area contributed by atoms with E-state index in [-0.39, 0.29) is 5.95 Å². The molecule has 0 amide bonds. The largest absolute Gasteiger partial charge is 0.378 e. The zero-order chi connectivity index (χ0) is 17.8. The van der Waals surface area contributed by atoms with Crippen LogP contribution in [0.15, 0.2) is 60.8 Å². The van der Waals surface area contributed by atoms with Crippen molar-refractivity contribution < 1.29 is 4.74 Å². The molecule has 4 rings (SSSR count). The minimum Gasteiger partial charge on any atom is -0.378 e. The number of nitrogens with one attached hydrogen (secondary N) is 1. The summed E-state index contributed by atoms with van der Waals surface area (Å²) in [7, 11) is 0. The van der Waals surface area contributed by atoms with E-state index >= 15 is 0 Å². The van der Waals surface area contributed by atoms with Crippen LogP contribution in [0.4, 0.5) is 23.0 Å². The van der Waals surface area contributed by atoms with Gasteiger partial charge in [0.15, 0.2) is 0 Å². The number of anilines is 4. The van der Waals surface area contributed by atoms with Gasteiger partial charge in [-0.1, -0.05) is 18.2 Å². The molecule has 3 N–H and O–H groups in total. The van der Waals surface area contributed by atoms with Gasteiger partial charge < -0.3 is 20.7 Å². The molecule has 2 heterocycles. The lowest BCUT2D eigenvalue weighted by atomic mass is 10.1. The van der Waals surface area contributed by atoms with Crippen molar-refractivity contribution in [1.29, 1.82) is 0 Å². The number of nitrogens with two attached hydrogens (primary N) is 1. The SMILES string of the molecule is Nc1nccc(-c2cc(Nc3ccccc3)cc(N3CCOCC3)c2)n1. The fourth-order valence-electron chi connectivity index (χ4n) is 3.06. The molecule has 1 saturated heterocycles. The molecule has 0 aliphatic carbocycles. The molecule has 6 heteroatoms. The van der Waals surface area contributed by atoms with Crippen molar-refractivity contribution in [3.05, 3.63) is 60.8 Å². The zero-order valence-electron chi connectivity index (χ0n) is 14.4. The highest BCUT2D eigenvalue weighted by atomic mass is 16.5. The highest BCUT2D eigenvalue weighted by Crippen LogP contribution is 2.30. The van der Waals surface area contributed by atoms with Gasteiger partial charge in [-0.25, -0.2) is 9.97 Å². The molecular weight excluding hydrogens is 326 g/mol. The molecule has 1 aromatic heterocycles. The van der Waals surface area contributed by atoms with Crippen LogP contribution in [0.25, 0.3) is 11.3 Å². The predicted molar refractivity (Wildman–Crippen MR) is 105 cm³/mol. The zero-order valence-corrected chi connectivity index (χ0v) is 14.4. The Morgan fingerprint density at radius 2 is 1.77 bits per heavy atom. The van der Waals surface area contributed by atoms with Crippen LogP contribution >= 0.6 is 0 Å². The molecule has 1 aliphatic rings. The molecule has 2 aromatic carbocycles. The van der Waals surface area contributed by atoms with Crippen LogP contribution in [-0.4, -0.2) is 36.3 Å². The van der Waals surface area contributed by atoms with Crippen molar-refractivity contribution in [2.24, 2.45) is 0 Å². The van der Waals surface area contributed by atoms with E-state index in [1.165, 1.54) is 0 Å². The first-order valence-electron chi connectivity index (χ1n) is 8.67. The van der Waals surface area contributed by atoms with E-state index in [0.717, 1.165) is 54.6 Å². The smallest absolute Gasteiger partial charge is 0.220 e. The lowest BCUT2D eigenvalue weighted by molar-refractivity contribution is 0.122. The first-order valence-corrected chi connectivity index (χ1v) is 8.67. The lowest BCUT2D eigenvalue weighted by Crippen LogP contribution is -2.36. The quantitative estimate of drug-likeness (QED) is 0.754. The molecule has 1 aliphatic heterocycles. The minimum absolute atomic E-state index is 0.275. The second-order valence-corrected chi connectivity index (χ2v) is 6.16. The average molecular weight is 347 g/mol. The molecule has 0 unspecified atom stereocenters. The van der Waals surface area contributed by atoms with Crippen LogP contribution in [0, 0.1) is 0 Å². The van der Waals surface area contributed by atoms with E-state index in [1.807, 2.05) is 36.4 Å². The number of nitrogen functional groups attached to an aromatic ring is 1. The molecule has 1 fully saturated rings. The van der Waals surface area contributed by atoms with Crippen LogP contribution in [0.3, 0.4) is 0 Å². The number of ether oxygens (including phenoxy) is 1. The van der Waals surface area contributed by atoms with E-state index in [0.29, 0.717) is 0 Å². The van der Waals surface area contributed by atoms with Crippen molar-refractivity contribution in [2.75, 3.05) is 42.3 Å². The third kappa shape index (κ3) is 3.75. The molecule has 0 saturated carbocycles. The number of hydrogen-bond donors (Lipinski definition) is 2. The maximum absolute atomic E-state index is 5.77. The Balaban J connectivity index is 1.73. The van der Waals surface area contributed by atoms with Gasteiger partial charge in [0.25, 0.3) is 0 Å². The third-order valence-electron chi connectivity index (χ3n) is 4.33. The second-order valence-electron chi connectivity index (χ2n) is 6.16. The topological polar surface area (TPSA) is 76.3 Å². The molecule has 0 spiro atoms. The van der Waals surface area contributed by atoms with E-state index in [2.05, 4.69) is 38.4 Å².